The van der Waals surface area contributed by atoms with Gasteiger partial charge in [0.2, 0.25) is 5.91 Å². The molecule has 2 saturated heterocycles. The van der Waals surface area contributed by atoms with Crippen molar-refractivity contribution in [3.8, 4) is 5.75 Å². The molecule has 0 spiro atoms. The van der Waals surface area contributed by atoms with Crippen molar-refractivity contribution in [2.24, 2.45) is 10.9 Å². The van der Waals surface area contributed by atoms with Crippen molar-refractivity contribution in [1.82, 2.24) is 14.9 Å². The number of hydrogen-bond acceptors (Lipinski definition) is 8. The highest BCUT2D eigenvalue weighted by molar-refractivity contribution is 8.14. The molecule has 4 heterocycles. The fourth-order valence-corrected chi connectivity index (χ4v) is 6.90. The van der Waals surface area contributed by atoms with Crippen LogP contribution in [0.1, 0.15) is 37.1 Å². The van der Waals surface area contributed by atoms with Gasteiger partial charge in [0.15, 0.2) is 5.17 Å². The number of aliphatic imine (C=N–C) groups is 1. The van der Waals surface area contributed by atoms with E-state index < -0.39 is 0 Å². The first-order valence-electron chi connectivity index (χ1n) is 12.2. The molecule has 2 aliphatic heterocycles. The van der Waals surface area contributed by atoms with Crippen LogP contribution in [0.3, 0.4) is 0 Å². The average molecular weight is 510 g/mol. The van der Waals surface area contributed by atoms with Crippen molar-refractivity contribution in [3.05, 3.63) is 41.0 Å². The van der Waals surface area contributed by atoms with Crippen LogP contribution in [-0.4, -0.2) is 57.4 Å². The number of amidine groups is 1. The van der Waals surface area contributed by atoms with Crippen molar-refractivity contribution < 1.29 is 9.53 Å². The molecule has 35 heavy (non-hydrogen) atoms. The van der Waals surface area contributed by atoms with Crippen LogP contribution in [0.4, 0.5) is 11.5 Å². The number of aryl methyl sites for hydroxylation is 2. The zero-order valence-corrected chi connectivity index (χ0v) is 22.3. The van der Waals surface area contributed by atoms with Crippen LogP contribution in [-0.2, 0) is 4.79 Å². The summed E-state index contributed by atoms with van der Waals surface area (Å²) < 4.78 is 5.75. The summed E-state index contributed by atoms with van der Waals surface area (Å²) in [6.45, 7) is 10.6. The highest BCUT2D eigenvalue weighted by Crippen LogP contribution is 2.37. The van der Waals surface area contributed by atoms with Crippen molar-refractivity contribution in [1.29, 1.82) is 0 Å². The predicted molar refractivity (Wildman–Crippen MR) is 145 cm³/mol. The molecular formula is C26H31N5O2S2. The number of aromatic nitrogens is 2. The largest absolute Gasteiger partial charge is 0.492 e. The van der Waals surface area contributed by atoms with Crippen molar-refractivity contribution in [3.63, 3.8) is 0 Å². The molecule has 7 nitrogen and oxygen atoms in total. The smallest absolute Gasteiger partial charge is 0.232 e. The molecule has 1 unspecified atom stereocenters. The number of amides is 1. The lowest BCUT2D eigenvalue weighted by atomic mass is 9.94. The van der Waals surface area contributed by atoms with Gasteiger partial charge >= 0.3 is 0 Å². The summed E-state index contributed by atoms with van der Waals surface area (Å²) in [6, 6.07) is 7.89. The van der Waals surface area contributed by atoms with Crippen LogP contribution >= 0.6 is 23.1 Å². The number of carbonyl (C=O) groups excluding carboxylic acids is 1. The number of thioether (sulfide) groups is 1. The number of fused-ring (bicyclic) bond motifs is 1. The number of rotatable bonds is 5. The Balaban J connectivity index is 1.33. The molecule has 0 saturated carbocycles. The van der Waals surface area contributed by atoms with Crippen LogP contribution < -0.4 is 9.64 Å². The molecule has 0 bridgehead atoms. The summed E-state index contributed by atoms with van der Waals surface area (Å²) >= 11 is 3.37. The third-order valence-electron chi connectivity index (χ3n) is 6.81. The minimum Gasteiger partial charge on any atom is -0.492 e. The van der Waals surface area contributed by atoms with Gasteiger partial charge in [0.1, 0.15) is 28.4 Å². The Morgan fingerprint density at radius 3 is 2.74 bits per heavy atom. The predicted octanol–water partition coefficient (Wildman–Crippen LogP) is 5.57. The fraction of sp³-hybridized carbons (Fsp3) is 0.462. The maximum absolute atomic E-state index is 13.7. The number of anilines is 1. The maximum atomic E-state index is 13.7. The first-order valence-corrected chi connectivity index (χ1v) is 14.0. The Morgan fingerprint density at radius 2 is 1.97 bits per heavy atom. The van der Waals surface area contributed by atoms with Gasteiger partial charge in [0.05, 0.1) is 12.0 Å². The number of para-hydroxylation sites is 2. The Bertz CT molecular complexity index is 1270. The Kier molecular flexibility index (Phi) is 6.98. The van der Waals surface area contributed by atoms with Crippen molar-refractivity contribution in [2.75, 3.05) is 30.3 Å². The topological polar surface area (TPSA) is 70.9 Å². The van der Waals surface area contributed by atoms with E-state index in [0.717, 1.165) is 64.3 Å². The highest BCUT2D eigenvalue weighted by Gasteiger charge is 2.38. The number of hydrogen-bond donors (Lipinski definition) is 0. The molecule has 1 aromatic carbocycles. The van der Waals surface area contributed by atoms with Crippen LogP contribution in [0.5, 0.6) is 5.75 Å². The Morgan fingerprint density at radius 1 is 1.20 bits per heavy atom. The lowest BCUT2D eigenvalue weighted by Crippen LogP contribution is -2.45. The second-order valence-corrected chi connectivity index (χ2v) is 11.3. The monoisotopic (exact) mass is 509 g/mol. The van der Waals surface area contributed by atoms with Crippen LogP contribution in [0.15, 0.2) is 35.6 Å². The lowest BCUT2D eigenvalue weighted by Gasteiger charge is -2.35. The zero-order chi connectivity index (χ0) is 24.5. The van der Waals surface area contributed by atoms with Crippen molar-refractivity contribution >= 4 is 55.9 Å². The van der Waals surface area contributed by atoms with Gasteiger partial charge in [-0.1, -0.05) is 23.9 Å². The summed E-state index contributed by atoms with van der Waals surface area (Å²) in [5.74, 6) is 2.78. The molecule has 2 aliphatic rings. The molecule has 0 N–H and O–H groups in total. The molecular weight excluding hydrogens is 478 g/mol. The quantitative estimate of drug-likeness (QED) is 0.448. The molecule has 2 aromatic heterocycles. The van der Waals surface area contributed by atoms with Gasteiger partial charge in [-0.2, -0.15) is 0 Å². The molecule has 0 aliphatic carbocycles. The Labute approximate surface area is 214 Å². The van der Waals surface area contributed by atoms with E-state index in [9.17, 15) is 4.79 Å². The van der Waals surface area contributed by atoms with Gasteiger partial charge in [-0.05, 0) is 58.2 Å². The molecule has 0 radical (unpaired) electrons. The first-order chi connectivity index (χ1) is 17.0. The first kappa shape index (κ1) is 24.1. The summed E-state index contributed by atoms with van der Waals surface area (Å²) in [7, 11) is 0. The zero-order valence-electron chi connectivity index (χ0n) is 20.7. The minimum absolute atomic E-state index is 0.0117. The molecule has 3 aromatic rings. The van der Waals surface area contributed by atoms with Crippen LogP contribution in [0.2, 0.25) is 0 Å². The van der Waals surface area contributed by atoms with Gasteiger partial charge in [0, 0.05) is 35.7 Å². The second-order valence-electron chi connectivity index (χ2n) is 9.09. The summed E-state index contributed by atoms with van der Waals surface area (Å²) in [6.07, 6.45) is 3.28. The van der Waals surface area contributed by atoms with Crippen LogP contribution in [0, 0.1) is 19.8 Å². The minimum atomic E-state index is -0.0117. The molecule has 1 amide bonds. The fourth-order valence-electron chi connectivity index (χ4n) is 4.79. The summed E-state index contributed by atoms with van der Waals surface area (Å²) in [5, 5.41) is 1.94. The number of benzene rings is 1. The van der Waals surface area contributed by atoms with Gasteiger partial charge in [0.25, 0.3) is 0 Å². The number of nitrogens with zero attached hydrogens (tertiary/aromatic N) is 5. The number of carbonyl (C=O) groups is 1. The maximum Gasteiger partial charge on any atom is 0.232 e. The van der Waals surface area contributed by atoms with E-state index in [2.05, 4.69) is 35.6 Å². The average Bonchev–Trinajstić information content (AvgIpc) is 3.38. The highest BCUT2D eigenvalue weighted by atomic mass is 32.2. The molecule has 5 rings (SSSR count). The van der Waals surface area contributed by atoms with E-state index >= 15 is 0 Å². The lowest BCUT2D eigenvalue weighted by molar-refractivity contribution is -0.133. The van der Waals surface area contributed by atoms with E-state index in [1.165, 1.54) is 10.4 Å². The summed E-state index contributed by atoms with van der Waals surface area (Å²) in [5.41, 5.74) is 2.03. The molecule has 9 heteroatoms. The third kappa shape index (κ3) is 4.63. The van der Waals surface area contributed by atoms with Crippen LogP contribution in [0.25, 0.3) is 10.2 Å². The van der Waals surface area contributed by atoms with Gasteiger partial charge in [-0.15, -0.1) is 11.3 Å². The number of piperidine rings is 1. The number of ether oxygens (including phenoxy) is 1. The number of thiophene rings is 1. The Hall–Kier alpha value is -2.65. The van der Waals surface area contributed by atoms with Gasteiger partial charge < -0.3 is 9.64 Å². The molecule has 2 fully saturated rings. The second kappa shape index (κ2) is 10.1. The van der Waals surface area contributed by atoms with Gasteiger partial charge in [-0.3, -0.25) is 9.69 Å². The van der Waals surface area contributed by atoms with Gasteiger partial charge in [-0.25, -0.2) is 15.0 Å². The van der Waals surface area contributed by atoms with Crippen molar-refractivity contribution in [2.45, 2.75) is 46.6 Å². The summed E-state index contributed by atoms with van der Waals surface area (Å²) in [4.78, 5) is 34.2. The third-order valence-corrected chi connectivity index (χ3v) is 9.12. The standard InChI is InChI=1S/C26H31N5O2S2/c1-5-33-21-9-7-6-8-20(21)29-26-31(16(2)14-34-26)25(32)19-10-12-30(13-11-19)23-22-17(3)18(4)35-24(22)28-15-27-23/h6-9,15-16,19H,5,10-14H2,1-4H3. The van der Waals surface area contributed by atoms with E-state index in [4.69, 9.17) is 9.73 Å². The molecule has 1 atom stereocenters. The SMILES string of the molecule is CCOc1ccccc1N=C1SCC(C)N1C(=O)C1CCN(c2ncnc3sc(C)c(C)c23)CC1. The van der Waals surface area contributed by atoms with E-state index in [0.29, 0.717) is 6.61 Å². The van der Waals surface area contributed by atoms with E-state index in [1.54, 1.807) is 29.4 Å². The normalized spacial score (nSPS) is 20.2. The molecule has 184 valence electrons. The van der Waals surface area contributed by atoms with E-state index in [-0.39, 0.29) is 17.9 Å². The van der Waals surface area contributed by atoms with E-state index in [1.807, 2.05) is 36.1 Å².